The van der Waals surface area contributed by atoms with Gasteiger partial charge in [-0.3, -0.25) is 0 Å². The van der Waals surface area contributed by atoms with Crippen molar-refractivity contribution < 1.29 is 0 Å². The third-order valence-corrected chi connectivity index (χ3v) is 4.09. The molecule has 20 heavy (non-hydrogen) atoms. The van der Waals surface area contributed by atoms with Crippen LogP contribution in [0.25, 0.3) is 0 Å². The second-order valence-corrected chi connectivity index (χ2v) is 6.18. The van der Waals surface area contributed by atoms with Crippen LogP contribution in [0.15, 0.2) is 12.4 Å². The van der Waals surface area contributed by atoms with E-state index in [4.69, 9.17) is 0 Å². The predicted octanol–water partition coefficient (Wildman–Crippen LogP) is 3.13. The largest absolute Gasteiger partial charge is 0.341 e. The highest BCUT2D eigenvalue weighted by Gasteiger charge is 2.18. The Kier molecular flexibility index (Phi) is 5.77. The number of nitrogens with one attached hydrogen (secondary N) is 1. The molecule has 112 valence electrons. The molecule has 2 rings (SSSR count). The van der Waals surface area contributed by atoms with Crippen molar-refractivity contribution in [3.05, 3.63) is 18.0 Å². The number of anilines is 1. The monoisotopic (exact) mass is 276 g/mol. The van der Waals surface area contributed by atoms with Gasteiger partial charge in [-0.05, 0) is 12.8 Å². The van der Waals surface area contributed by atoms with E-state index in [2.05, 4.69) is 41.1 Å². The smallest absolute Gasteiger partial charge is 0.225 e. The van der Waals surface area contributed by atoms with Crippen LogP contribution in [0.1, 0.15) is 57.9 Å². The minimum atomic E-state index is 0.489. The van der Waals surface area contributed by atoms with Crippen molar-refractivity contribution in [2.75, 3.05) is 11.9 Å². The number of aromatic nitrogens is 2. The Labute approximate surface area is 123 Å². The third kappa shape index (κ3) is 4.44. The first-order valence-electron chi connectivity index (χ1n) is 7.94. The summed E-state index contributed by atoms with van der Waals surface area (Å²) in [5, 5.41) is 3.39. The average Bonchev–Trinajstić information content (AvgIpc) is 2.74. The zero-order valence-corrected chi connectivity index (χ0v) is 13.1. The molecule has 4 heteroatoms. The van der Waals surface area contributed by atoms with Crippen molar-refractivity contribution >= 4 is 5.95 Å². The molecule has 0 unspecified atom stereocenters. The molecular weight excluding hydrogens is 248 g/mol. The summed E-state index contributed by atoms with van der Waals surface area (Å²) in [7, 11) is 2.14. The maximum absolute atomic E-state index is 4.54. The first kappa shape index (κ1) is 15.2. The van der Waals surface area contributed by atoms with E-state index in [1.165, 1.54) is 38.5 Å². The van der Waals surface area contributed by atoms with E-state index in [9.17, 15) is 0 Å². The lowest BCUT2D eigenvalue weighted by Gasteiger charge is -2.27. The summed E-state index contributed by atoms with van der Waals surface area (Å²) in [6.45, 7) is 5.13. The summed E-state index contributed by atoms with van der Waals surface area (Å²) in [6, 6.07) is 1.10. The molecule has 0 spiro atoms. The van der Waals surface area contributed by atoms with Crippen molar-refractivity contribution in [3.8, 4) is 0 Å². The molecule has 1 saturated carbocycles. The summed E-state index contributed by atoms with van der Waals surface area (Å²) in [4.78, 5) is 11.3. The molecule has 0 aromatic carbocycles. The molecule has 1 aliphatic carbocycles. The van der Waals surface area contributed by atoms with Gasteiger partial charge in [-0.2, -0.15) is 0 Å². The van der Waals surface area contributed by atoms with Gasteiger partial charge in [0.05, 0.1) is 0 Å². The topological polar surface area (TPSA) is 41.1 Å². The highest BCUT2D eigenvalue weighted by Crippen LogP contribution is 2.23. The summed E-state index contributed by atoms with van der Waals surface area (Å²) >= 11 is 0. The van der Waals surface area contributed by atoms with Crippen LogP contribution in [0.2, 0.25) is 0 Å². The highest BCUT2D eigenvalue weighted by molar-refractivity contribution is 5.30. The van der Waals surface area contributed by atoms with Crippen molar-refractivity contribution in [1.82, 2.24) is 15.3 Å². The number of nitrogens with zero attached hydrogens (tertiary/aromatic N) is 3. The molecule has 1 N–H and O–H groups in total. The maximum atomic E-state index is 4.54. The Hall–Kier alpha value is -1.16. The molecule has 1 aliphatic rings. The molecule has 1 aromatic rings. The van der Waals surface area contributed by atoms with Crippen LogP contribution in [-0.4, -0.2) is 29.1 Å². The maximum Gasteiger partial charge on any atom is 0.225 e. The van der Waals surface area contributed by atoms with Gasteiger partial charge in [-0.15, -0.1) is 0 Å². The highest BCUT2D eigenvalue weighted by atomic mass is 15.2. The van der Waals surface area contributed by atoms with Crippen molar-refractivity contribution in [1.29, 1.82) is 0 Å². The second kappa shape index (κ2) is 7.58. The van der Waals surface area contributed by atoms with Crippen LogP contribution in [-0.2, 0) is 6.54 Å². The standard InChI is InChI=1S/C16H28N4/c1-13(2)17-10-14-11-18-16(19-12-14)20(3)15-8-6-4-5-7-9-15/h11-13,15,17H,4-10H2,1-3H3. The van der Waals surface area contributed by atoms with E-state index in [1.807, 2.05) is 12.4 Å². The van der Waals surface area contributed by atoms with E-state index in [0.29, 0.717) is 12.1 Å². The Balaban J connectivity index is 1.94. The van der Waals surface area contributed by atoms with Gasteiger partial charge in [0.15, 0.2) is 0 Å². The van der Waals surface area contributed by atoms with Gasteiger partial charge < -0.3 is 10.2 Å². The fraction of sp³-hybridized carbons (Fsp3) is 0.750. The Morgan fingerprint density at radius 3 is 2.30 bits per heavy atom. The Morgan fingerprint density at radius 2 is 1.75 bits per heavy atom. The van der Waals surface area contributed by atoms with Crippen molar-refractivity contribution in [2.45, 2.75) is 71.0 Å². The second-order valence-electron chi connectivity index (χ2n) is 6.18. The molecular formula is C16H28N4. The fourth-order valence-electron chi connectivity index (χ4n) is 2.75. The predicted molar refractivity (Wildman–Crippen MR) is 83.9 cm³/mol. The Morgan fingerprint density at radius 1 is 1.15 bits per heavy atom. The van der Waals surface area contributed by atoms with Gasteiger partial charge in [-0.25, -0.2) is 9.97 Å². The van der Waals surface area contributed by atoms with E-state index >= 15 is 0 Å². The summed E-state index contributed by atoms with van der Waals surface area (Å²) in [5.74, 6) is 0.866. The van der Waals surface area contributed by atoms with E-state index in [0.717, 1.165) is 18.1 Å². The van der Waals surface area contributed by atoms with E-state index < -0.39 is 0 Å². The van der Waals surface area contributed by atoms with Gasteiger partial charge in [0.25, 0.3) is 0 Å². The lowest BCUT2D eigenvalue weighted by Crippen LogP contribution is -2.32. The lowest BCUT2D eigenvalue weighted by atomic mass is 10.1. The summed E-state index contributed by atoms with van der Waals surface area (Å²) in [6.07, 6.45) is 11.9. The van der Waals surface area contributed by atoms with Gasteiger partial charge in [-0.1, -0.05) is 39.5 Å². The van der Waals surface area contributed by atoms with Crippen LogP contribution in [0.5, 0.6) is 0 Å². The SMILES string of the molecule is CC(C)NCc1cnc(N(C)C2CCCCCC2)nc1. The molecule has 1 aromatic heterocycles. The minimum Gasteiger partial charge on any atom is -0.341 e. The molecule has 0 bridgehead atoms. The van der Waals surface area contributed by atoms with Crippen molar-refractivity contribution in [3.63, 3.8) is 0 Å². The molecule has 4 nitrogen and oxygen atoms in total. The Bertz CT molecular complexity index is 380. The normalized spacial score (nSPS) is 17.2. The molecule has 1 fully saturated rings. The quantitative estimate of drug-likeness (QED) is 0.839. The minimum absolute atomic E-state index is 0.489. The zero-order valence-electron chi connectivity index (χ0n) is 13.1. The van der Waals surface area contributed by atoms with Crippen LogP contribution in [0.4, 0.5) is 5.95 Å². The van der Waals surface area contributed by atoms with Gasteiger partial charge in [0.1, 0.15) is 0 Å². The molecule has 1 heterocycles. The van der Waals surface area contributed by atoms with Gasteiger partial charge >= 0.3 is 0 Å². The number of hydrogen-bond donors (Lipinski definition) is 1. The number of hydrogen-bond acceptors (Lipinski definition) is 4. The van der Waals surface area contributed by atoms with E-state index in [1.54, 1.807) is 0 Å². The first-order chi connectivity index (χ1) is 9.66. The van der Waals surface area contributed by atoms with Gasteiger partial charge in [0.2, 0.25) is 5.95 Å². The molecule has 0 aliphatic heterocycles. The number of rotatable bonds is 5. The summed E-state index contributed by atoms with van der Waals surface area (Å²) < 4.78 is 0. The van der Waals surface area contributed by atoms with Crippen molar-refractivity contribution in [2.24, 2.45) is 0 Å². The van der Waals surface area contributed by atoms with Crippen LogP contribution in [0, 0.1) is 0 Å². The third-order valence-electron chi connectivity index (χ3n) is 4.09. The molecule has 0 saturated heterocycles. The first-order valence-corrected chi connectivity index (χ1v) is 7.94. The van der Waals surface area contributed by atoms with Crippen LogP contribution in [0.3, 0.4) is 0 Å². The van der Waals surface area contributed by atoms with Crippen LogP contribution < -0.4 is 10.2 Å². The average molecular weight is 276 g/mol. The van der Waals surface area contributed by atoms with Gasteiger partial charge in [0, 0.05) is 43.6 Å². The zero-order chi connectivity index (χ0) is 14.4. The molecule has 0 amide bonds. The lowest BCUT2D eigenvalue weighted by molar-refractivity contribution is 0.543. The summed E-state index contributed by atoms with van der Waals surface area (Å²) in [5.41, 5.74) is 1.15. The molecule has 0 radical (unpaired) electrons. The molecule has 0 atom stereocenters. The van der Waals surface area contributed by atoms with Crippen LogP contribution >= 0.6 is 0 Å². The van der Waals surface area contributed by atoms with E-state index in [-0.39, 0.29) is 0 Å². The fourth-order valence-corrected chi connectivity index (χ4v) is 2.75.